The maximum Gasteiger partial charge on any atom is 0.271 e. The Balaban J connectivity index is 0.00000160. The van der Waals surface area contributed by atoms with Crippen LogP contribution in [0.2, 0.25) is 0 Å². The molecule has 0 unspecified atom stereocenters. The third kappa shape index (κ3) is 3.88. The summed E-state index contributed by atoms with van der Waals surface area (Å²) in [4.78, 5) is 9.29. The smallest absolute Gasteiger partial charge is 0.271 e. The Kier molecular flexibility index (Phi) is 5.07. The molecule has 9 nitrogen and oxygen atoms in total. The van der Waals surface area contributed by atoms with Crippen LogP contribution in [0, 0.1) is 0 Å². The van der Waals surface area contributed by atoms with Gasteiger partial charge in [-0.3, -0.25) is 4.72 Å². The lowest BCUT2D eigenvalue weighted by molar-refractivity contribution is 0.603. The maximum absolute atomic E-state index is 12.8. The molecular weight excluding hydrogens is 418 g/mol. The number of tetrazole rings is 1. The van der Waals surface area contributed by atoms with E-state index < -0.39 is 10.0 Å². The van der Waals surface area contributed by atoms with E-state index in [0.717, 1.165) is 16.2 Å². The van der Waals surface area contributed by atoms with Crippen LogP contribution in [0.5, 0.6) is 0 Å². The van der Waals surface area contributed by atoms with Gasteiger partial charge in [-0.1, -0.05) is 23.9 Å². The number of thiophene rings is 1. The van der Waals surface area contributed by atoms with Gasteiger partial charge in [-0.15, -0.1) is 21.5 Å². The van der Waals surface area contributed by atoms with Gasteiger partial charge in [-0.25, -0.2) is 18.4 Å². The fourth-order valence-electron chi connectivity index (χ4n) is 2.39. The standard InChI is InChI=1S/C16H13N7O2S3.2H2/c1-26-16-17-8-7-12(18-16)13-5-6-14(27-13)28(24,25)21-11-4-2-3-10(9-11)15-19-22-23-20-15;;/h2-9,21H,1H3,(H,19,20,22,23);2*1H. The highest BCUT2D eigenvalue weighted by Crippen LogP contribution is 2.31. The highest BCUT2D eigenvalue weighted by atomic mass is 32.2. The molecule has 1 aromatic carbocycles. The molecule has 12 heteroatoms. The summed E-state index contributed by atoms with van der Waals surface area (Å²) in [6.45, 7) is 0. The van der Waals surface area contributed by atoms with Crippen LogP contribution in [0.25, 0.3) is 22.0 Å². The summed E-state index contributed by atoms with van der Waals surface area (Å²) in [6, 6.07) is 11.8. The molecule has 3 heterocycles. The average Bonchev–Trinajstić information content (AvgIpc) is 3.40. The number of benzene rings is 1. The lowest BCUT2D eigenvalue weighted by Gasteiger charge is -2.07. The highest BCUT2D eigenvalue weighted by Gasteiger charge is 2.18. The van der Waals surface area contributed by atoms with E-state index in [0.29, 0.717) is 27.9 Å². The zero-order valence-corrected chi connectivity index (χ0v) is 16.8. The van der Waals surface area contributed by atoms with Crippen LogP contribution in [-0.2, 0) is 10.0 Å². The van der Waals surface area contributed by atoms with E-state index in [1.54, 1.807) is 48.7 Å². The Labute approximate surface area is 171 Å². The fourth-order valence-corrected chi connectivity index (χ4v) is 5.07. The fraction of sp³-hybridized carbons (Fsp3) is 0.0625. The monoisotopic (exact) mass is 435 g/mol. The van der Waals surface area contributed by atoms with E-state index in [-0.39, 0.29) is 7.06 Å². The van der Waals surface area contributed by atoms with Crippen LogP contribution >= 0.6 is 23.1 Å². The normalized spacial score (nSPS) is 11.5. The molecule has 0 aliphatic rings. The van der Waals surface area contributed by atoms with Gasteiger partial charge in [0.2, 0.25) is 5.82 Å². The van der Waals surface area contributed by atoms with Gasteiger partial charge in [0.1, 0.15) is 4.21 Å². The van der Waals surface area contributed by atoms with Crippen molar-refractivity contribution < 1.29 is 11.3 Å². The van der Waals surface area contributed by atoms with Crippen molar-refractivity contribution >= 4 is 38.8 Å². The molecule has 0 saturated heterocycles. The van der Waals surface area contributed by atoms with Crippen molar-refractivity contribution in [1.82, 2.24) is 30.6 Å². The van der Waals surface area contributed by atoms with Gasteiger partial charge in [0.05, 0.1) is 10.6 Å². The van der Waals surface area contributed by atoms with Gasteiger partial charge >= 0.3 is 0 Å². The SMILES string of the molecule is CSc1nccc(-c2ccc(S(=O)(=O)Nc3cccc(-c4nn[nH]n4)c3)s2)n1.[HH].[HH]. The number of aromatic amines is 1. The summed E-state index contributed by atoms with van der Waals surface area (Å²) >= 11 is 2.57. The molecule has 0 bridgehead atoms. The van der Waals surface area contributed by atoms with Crippen LogP contribution < -0.4 is 4.72 Å². The van der Waals surface area contributed by atoms with Gasteiger partial charge in [0.15, 0.2) is 5.16 Å². The van der Waals surface area contributed by atoms with Crippen molar-refractivity contribution in [3.05, 3.63) is 48.7 Å². The Bertz CT molecular complexity index is 1220. The lowest BCUT2D eigenvalue weighted by atomic mass is 10.2. The summed E-state index contributed by atoms with van der Waals surface area (Å²) in [5, 5.41) is 14.3. The molecule has 0 saturated carbocycles. The topological polar surface area (TPSA) is 126 Å². The van der Waals surface area contributed by atoms with Gasteiger partial charge in [0.25, 0.3) is 10.0 Å². The second kappa shape index (κ2) is 7.66. The molecule has 4 aromatic rings. The third-order valence-corrected chi connectivity index (χ3v) is 7.18. The zero-order chi connectivity index (χ0) is 19.6. The van der Waals surface area contributed by atoms with Crippen LogP contribution in [-0.4, -0.2) is 45.3 Å². The van der Waals surface area contributed by atoms with Crippen molar-refractivity contribution in [2.75, 3.05) is 11.0 Å². The first-order chi connectivity index (χ1) is 13.5. The van der Waals surface area contributed by atoms with Crippen molar-refractivity contribution in [3.8, 4) is 22.0 Å². The summed E-state index contributed by atoms with van der Waals surface area (Å²) < 4.78 is 28.3. The van der Waals surface area contributed by atoms with Crippen molar-refractivity contribution in [1.29, 1.82) is 0 Å². The first kappa shape index (κ1) is 18.5. The van der Waals surface area contributed by atoms with Crippen molar-refractivity contribution in [3.63, 3.8) is 0 Å². The molecule has 2 N–H and O–H groups in total. The number of sulfonamides is 1. The first-order valence-electron chi connectivity index (χ1n) is 7.89. The largest absolute Gasteiger partial charge is 0.279 e. The number of hydrogen-bond acceptors (Lipinski definition) is 9. The van der Waals surface area contributed by atoms with Crippen LogP contribution in [0.1, 0.15) is 2.85 Å². The Morgan fingerprint density at radius 2 is 2.11 bits per heavy atom. The van der Waals surface area contributed by atoms with Crippen LogP contribution in [0.4, 0.5) is 5.69 Å². The quantitative estimate of drug-likeness (QED) is 0.348. The number of hydrogen-bond donors (Lipinski definition) is 2. The Morgan fingerprint density at radius 3 is 2.89 bits per heavy atom. The number of H-pyrrole nitrogens is 1. The summed E-state index contributed by atoms with van der Waals surface area (Å²) in [5.74, 6) is 0.382. The molecule has 4 rings (SSSR count). The van der Waals surface area contributed by atoms with E-state index in [1.807, 2.05) is 6.26 Å². The molecule has 0 amide bonds. The van der Waals surface area contributed by atoms with E-state index in [4.69, 9.17) is 0 Å². The number of rotatable bonds is 6. The van der Waals surface area contributed by atoms with Gasteiger partial charge < -0.3 is 0 Å². The van der Waals surface area contributed by atoms with Crippen LogP contribution in [0.15, 0.2) is 58.0 Å². The molecule has 0 fully saturated rings. The predicted octanol–water partition coefficient (Wildman–Crippen LogP) is 3.40. The molecule has 0 aliphatic carbocycles. The Hall–Kier alpha value is -2.83. The highest BCUT2D eigenvalue weighted by molar-refractivity contribution is 7.98. The first-order valence-corrected chi connectivity index (χ1v) is 11.4. The minimum Gasteiger partial charge on any atom is -0.279 e. The van der Waals surface area contributed by atoms with Crippen LogP contribution in [0.3, 0.4) is 0 Å². The van der Waals surface area contributed by atoms with Gasteiger partial charge in [0, 0.05) is 20.3 Å². The van der Waals surface area contributed by atoms with E-state index in [1.165, 1.54) is 11.8 Å². The van der Waals surface area contributed by atoms with Gasteiger partial charge in [-0.2, -0.15) is 5.21 Å². The molecule has 3 aromatic heterocycles. The molecule has 0 atom stereocenters. The second-order valence-electron chi connectivity index (χ2n) is 5.47. The summed E-state index contributed by atoms with van der Waals surface area (Å²) in [7, 11) is -3.75. The van der Waals surface area contributed by atoms with E-state index in [2.05, 4.69) is 35.3 Å². The molecular formula is C16H17N7O2S3. The minimum absolute atomic E-state index is 0. The van der Waals surface area contributed by atoms with E-state index in [9.17, 15) is 8.42 Å². The maximum atomic E-state index is 12.8. The summed E-state index contributed by atoms with van der Waals surface area (Å²) in [5.41, 5.74) is 1.74. The molecule has 0 spiro atoms. The zero-order valence-electron chi connectivity index (χ0n) is 14.4. The number of nitrogens with one attached hydrogen (secondary N) is 2. The Morgan fingerprint density at radius 1 is 1.21 bits per heavy atom. The van der Waals surface area contributed by atoms with E-state index >= 15 is 0 Å². The molecule has 28 heavy (non-hydrogen) atoms. The van der Waals surface area contributed by atoms with Gasteiger partial charge in [-0.05, 0) is 41.8 Å². The number of thioether (sulfide) groups is 1. The van der Waals surface area contributed by atoms with Crippen molar-refractivity contribution in [2.45, 2.75) is 9.37 Å². The van der Waals surface area contributed by atoms with Crippen molar-refractivity contribution in [2.24, 2.45) is 0 Å². The predicted molar refractivity (Wildman–Crippen MR) is 112 cm³/mol. The minimum atomic E-state index is -3.75. The summed E-state index contributed by atoms with van der Waals surface area (Å²) in [6.07, 6.45) is 3.54. The molecule has 0 aliphatic heterocycles. The number of nitrogens with zero attached hydrogens (tertiary/aromatic N) is 5. The molecule has 0 radical (unpaired) electrons. The number of aromatic nitrogens is 6. The second-order valence-corrected chi connectivity index (χ2v) is 9.24. The third-order valence-electron chi connectivity index (χ3n) is 3.63. The lowest BCUT2D eigenvalue weighted by Crippen LogP contribution is -2.11. The molecule has 146 valence electrons. The average molecular weight is 436 g/mol. The number of anilines is 1.